The van der Waals surface area contributed by atoms with Gasteiger partial charge < -0.3 is 20.6 Å². The lowest BCUT2D eigenvalue weighted by molar-refractivity contribution is -0.0439. The molecule has 1 aliphatic heterocycles. The Morgan fingerprint density at radius 2 is 2.11 bits per heavy atom. The highest BCUT2D eigenvalue weighted by molar-refractivity contribution is 7.90. The molecule has 2 aromatic carbocycles. The number of aromatic amines is 1. The third kappa shape index (κ3) is 4.46. The van der Waals surface area contributed by atoms with Gasteiger partial charge in [-0.15, -0.1) is 0 Å². The number of H-pyrrole nitrogens is 1. The molecule has 0 radical (unpaired) electrons. The molecule has 1 aliphatic carbocycles. The number of carboxylic acid groups (broad SMARTS) is 1. The fourth-order valence-electron chi connectivity index (χ4n) is 5.65. The van der Waals surface area contributed by atoms with Crippen molar-refractivity contribution in [3.05, 3.63) is 59.0 Å². The summed E-state index contributed by atoms with van der Waals surface area (Å²) in [6.45, 7) is 2.86. The highest BCUT2D eigenvalue weighted by Crippen LogP contribution is 2.47. The molecule has 5 rings (SSSR count). The molecule has 37 heavy (non-hydrogen) atoms. The molecule has 1 aromatic heterocycles. The van der Waals surface area contributed by atoms with Crippen LogP contribution in [0.25, 0.3) is 22.0 Å². The van der Waals surface area contributed by atoms with Gasteiger partial charge in [0.1, 0.15) is 17.1 Å². The van der Waals surface area contributed by atoms with E-state index in [0.717, 1.165) is 12.8 Å². The van der Waals surface area contributed by atoms with Gasteiger partial charge in [0.25, 0.3) is 0 Å². The van der Waals surface area contributed by atoms with Gasteiger partial charge in [0.2, 0.25) is 0 Å². The quantitative estimate of drug-likeness (QED) is 0.355. The molecule has 1 amide bonds. The van der Waals surface area contributed by atoms with Crippen molar-refractivity contribution in [2.45, 2.75) is 37.2 Å². The zero-order valence-electron chi connectivity index (χ0n) is 20.5. The van der Waals surface area contributed by atoms with E-state index >= 15 is 0 Å². The molecule has 196 valence electrons. The molecule has 1 unspecified atom stereocenters. The summed E-state index contributed by atoms with van der Waals surface area (Å²) >= 11 is 0. The summed E-state index contributed by atoms with van der Waals surface area (Å²) in [6, 6.07) is 9.16. The Hall–Kier alpha value is -3.44. The monoisotopic (exact) mass is 528 g/mol. The number of carbonyl (C=O) groups excluding carboxylic acids is 1. The molecule has 1 spiro atoms. The number of fused-ring (bicyclic) bond motifs is 1. The highest BCUT2D eigenvalue weighted by atomic mass is 32.2. The number of aromatic carboxylic acids is 1. The zero-order valence-corrected chi connectivity index (χ0v) is 21.4. The second-order valence-corrected chi connectivity index (χ2v) is 12.6. The summed E-state index contributed by atoms with van der Waals surface area (Å²) in [6.07, 6.45) is 2.29. The van der Waals surface area contributed by atoms with Crippen molar-refractivity contribution in [2.24, 2.45) is 11.7 Å². The summed E-state index contributed by atoms with van der Waals surface area (Å²) in [5.74, 6) is -1.76. The SMILES string of the molecule is C[C@@H](c1cccc2c(-c3ccc(CS(C)(=N)=O)c(F)c3)c(C(=O)O)[nH]c12)N1CC2(CC(CN)C2)OC1=O. The molecular weight excluding hydrogens is 499 g/mol. The van der Waals surface area contributed by atoms with Gasteiger partial charge in [-0.1, -0.05) is 30.3 Å². The standard InChI is InChI=1S/C26H29FN4O5S/c1-14(31-13-26(36-25(31)34)9-15(10-26)11-28)18-4-3-5-19-21(23(24(32)33)30-22(18)19)16-6-7-17(20(27)8-16)12-37(2,29)35/h3-8,14-15,29-30H,9-13,28H2,1-2H3,(H,32,33)/t14-,15?,26?,37?/m0/s1. The number of rotatable bonds is 7. The molecule has 2 fully saturated rings. The van der Waals surface area contributed by atoms with Crippen LogP contribution in [0.2, 0.25) is 0 Å². The van der Waals surface area contributed by atoms with Gasteiger partial charge in [-0.05, 0) is 49.4 Å². The van der Waals surface area contributed by atoms with Crippen LogP contribution in [-0.4, -0.2) is 56.2 Å². The Kier molecular flexibility index (Phi) is 6.03. The summed E-state index contributed by atoms with van der Waals surface area (Å²) in [7, 11) is -2.95. The van der Waals surface area contributed by atoms with E-state index in [1.54, 1.807) is 23.1 Å². The van der Waals surface area contributed by atoms with Gasteiger partial charge >= 0.3 is 12.1 Å². The maximum absolute atomic E-state index is 14.9. The fourth-order valence-corrected chi connectivity index (χ4v) is 6.48. The lowest BCUT2D eigenvalue weighted by Gasteiger charge is -2.42. The molecule has 2 heterocycles. The number of benzene rings is 2. The van der Waals surface area contributed by atoms with Crippen molar-refractivity contribution < 1.29 is 28.0 Å². The van der Waals surface area contributed by atoms with E-state index in [4.69, 9.17) is 15.3 Å². The predicted octanol–water partition coefficient (Wildman–Crippen LogP) is 4.47. The minimum atomic E-state index is -2.95. The van der Waals surface area contributed by atoms with Crippen molar-refractivity contribution in [3.8, 4) is 11.1 Å². The molecule has 2 aliphatic rings. The summed E-state index contributed by atoms with van der Waals surface area (Å²) in [5, 5.41) is 10.5. The fraction of sp³-hybridized carbons (Fsp3) is 0.385. The Morgan fingerprint density at radius 1 is 1.38 bits per heavy atom. The molecule has 3 aromatic rings. The number of para-hydroxylation sites is 1. The smallest absolute Gasteiger partial charge is 0.411 e. The number of nitrogens with zero attached hydrogens (tertiary/aromatic N) is 1. The van der Waals surface area contributed by atoms with Gasteiger partial charge in [0.15, 0.2) is 0 Å². The second-order valence-electron chi connectivity index (χ2n) is 10.3. The maximum Gasteiger partial charge on any atom is 0.411 e. The normalized spacial score (nSPS) is 23.6. The van der Waals surface area contributed by atoms with Gasteiger partial charge in [0.05, 0.1) is 23.9 Å². The maximum atomic E-state index is 14.9. The first-order chi connectivity index (χ1) is 17.4. The first-order valence-corrected chi connectivity index (χ1v) is 14.1. The number of hydrogen-bond donors (Lipinski definition) is 4. The average Bonchev–Trinajstić information content (AvgIpc) is 3.36. The van der Waals surface area contributed by atoms with Crippen LogP contribution in [0.15, 0.2) is 36.4 Å². The summed E-state index contributed by atoms with van der Waals surface area (Å²) < 4.78 is 40.1. The van der Waals surface area contributed by atoms with Crippen LogP contribution in [0.4, 0.5) is 9.18 Å². The van der Waals surface area contributed by atoms with E-state index < -0.39 is 39.3 Å². The largest absolute Gasteiger partial charge is 0.477 e. The Labute approximate surface area is 213 Å². The Balaban J connectivity index is 1.55. The summed E-state index contributed by atoms with van der Waals surface area (Å²) in [5.41, 5.74) is 7.16. The highest BCUT2D eigenvalue weighted by Gasteiger charge is 2.54. The van der Waals surface area contributed by atoms with Crippen LogP contribution in [0.5, 0.6) is 0 Å². The van der Waals surface area contributed by atoms with E-state index in [-0.39, 0.29) is 17.0 Å². The van der Waals surface area contributed by atoms with Crippen molar-refractivity contribution in [1.29, 1.82) is 4.78 Å². The first kappa shape index (κ1) is 25.2. The number of halogens is 1. The van der Waals surface area contributed by atoms with Crippen LogP contribution in [-0.2, 0) is 20.2 Å². The van der Waals surface area contributed by atoms with Gasteiger partial charge in [-0.25, -0.2) is 18.2 Å². The van der Waals surface area contributed by atoms with Crippen LogP contribution < -0.4 is 5.73 Å². The van der Waals surface area contributed by atoms with Crippen LogP contribution in [0.3, 0.4) is 0 Å². The molecule has 0 bridgehead atoms. The van der Waals surface area contributed by atoms with Crippen LogP contribution in [0.1, 0.15) is 47.4 Å². The van der Waals surface area contributed by atoms with E-state index in [2.05, 4.69) is 4.98 Å². The topological polar surface area (TPSA) is 150 Å². The van der Waals surface area contributed by atoms with E-state index in [1.165, 1.54) is 18.4 Å². The van der Waals surface area contributed by atoms with Gasteiger partial charge in [-0.2, -0.15) is 0 Å². The number of carbonyl (C=O) groups is 2. The lowest BCUT2D eigenvalue weighted by atomic mass is 9.71. The predicted molar refractivity (Wildman–Crippen MR) is 137 cm³/mol. The van der Waals surface area contributed by atoms with Gasteiger partial charge in [-0.3, -0.25) is 9.68 Å². The first-order valence-electron chi connectivity index (χ1n) is 12.0. The van der Waals surface area contributed by atoms with Crippen molar-refractivity contribution in [1.82, 2.24) is 9.88 Å². The van der Waals surface area contributed by atoms with Crippen LogP contribution in [0, 0.1) is 16.5 Å². The Bertz CT molecular complexity index is 1530. The van der Waals surface area contributed by atoms with Gasteiger partial charge in [0, 0.05) is 32.5 Å². The molecule has 5 N–H and O–H groups in total. The van der Waals surface area contributed by atoms with E-state index in [0.29, 0.717) is 46.6 Å². The zero-order chi connectivity index (χ0) is 26.7. The number of nitrogens with one attached hydrogen (secondary N) is 2. The minimum Gasteiger partial charge on any atom is -0.477 e. The van der Waals surface area contributed by atoms with Crippen molar-refractivity contribution in [3.63, 3.8) is 0 Å². The lowest BCUT2D eigenvalue weighted by Crippen LogP contribution is -2.49. The Morgan fingerprint density at radius 3 is 2.73 bits per heavy atom. The molecule has 2 atom stereocenters. The number of ether oxygens (including phenoxy) is 1. The molecule has 1 saturated heterocycles. The summed E-state index contributed by atoms with van der Waals surface area (Å²) in [4.78, 5) is 29.6. The molecular formula is C26H29FN4O5S. The van der Waals surface area contributed by atoms with E-state index in [9.17, 15) is 23.3 Å². The van der Waals surface area contributed by atoms with Crippen LogP contribution >= 0.6 is 0 Å². The van der Waals surface area contributed by atoms with E-state index in [1.807, 2.05) is 13.0 Å². The number of hydrogen-bond acceptors (Lipinski definition) is 6. The second kappa shape index (κ2) is 8.84. The third-order valence-corrected chi connectivity index (χ3v) is 8.28. The average molecular weight is 529 g/mol. The van der Waals surface area contributed by atoms with Crippen molar-refractivity contribution in [2.75, 3.05) is 19.3 Å². The minimum absolute atomic E-state index is 0.105. The number of aromatic nitrogens is 1. The third-order valence-electron chi connectivity index (χ3n) is 7.42. The number of amides is 1. The molecule has 1 saturated carbocycles. The van der Waals surface area contributed by atoms with Crippen molar-refractivity contribution >= 4 is 32.7 Å². The number of nitrogens with two attached hydrogens (primary N) is 1. The molecule has 11 heteroatoms. The molecule has 9 nitrogen and oxygen atoms in total. The number of carboxylic acids is 1.